The SMILES string of the molecule is CCCOCn1ccc2cc(-c3ccc(Cl)c4c(NS(C)(=O)=O)nn(C)c34)c(C(Cc3cc(F)cc(F)c3)N3C(=O)c4ccccc4C3=O)nc21. The minimum atomic E-state index is -3.75. The van der Waals surface area contributed by atoms with Gasteiger partial charge in [0.1, 0.15) is 24.0 Å². The Morgan fingerprint density at radius 1 is 0.941 bits per heavy atom. The Bertz CT molecular complexity index is 2440. The molecular formula is C36H31ClF2N6O5S. The Morgan fingerprint density at radius 2 is 1.63 bits per heavy atom. The number of pyridine rings is 1. The van der Waals surface area contributed by atoms with Gasteiger partial charge in [-0.15, -0.1) is 0 Å². The number of aryl methyl sites for hydroxylation is 1. The van der Waals surface area contributed by atoms with Crippen LogP contribution in [0.2, 0.25) is 5.02 Å². The average molecular weight is 733 g/mol. The molecule has 1 aliphatic rings. The van der Waals surface area contributed by atoms with E-state index in [-0.39, 0.29) is 46.4 Å². The van der Waals surface area contributed by atoms with E-state index in [1.54, 1.807) is 54.2 Å². The lowest BCUT2D eigenvalue weighted by molar-refractivity contribution is 0.0578. The van der Waals surface area contributed by atoms with Crippen LogP contribution >= 0.6 is 11.6 Å². The summed E-state index contributed by atoms with van der Waals surface area (Å²) in [4.78, 5) is 34.4. The number of nitrogens with one attached hydrogen (secondary N) is 1. The molecule has 3 aromatic carbocycles. The number of aromatic nitrogens is 4. The summed E-state index contributed by atoms with van der Waals surface area (Å²) in [5, 5.41) is 5.63. The van der Waals surface area contributed by atoms with Crippen molar-refractivity contribution < 1.29 is 31.5 Å². The predicted molar refractivity (Wildman–Crippen MR) is 189 cm³/mol. The van der Waals surface area contributed by atoms with Crippen molar-refractivity contribution in [3.05, 3.63) is 112 Å². The van der Waals surface area contributed by atoms with Gasteiger partial charge in [0.25, 0.3) is 11.8 Å². The Kier molecular flexibility index (Phi) is 8.86. The quantitative estimate of drug-likeness (QED) is 0.114. The second-order valence-electron chi connectivity index (χ2n) is 12.3. The number of nitrogens with zero attached hydrogens (tertiary/aromatic N) is 5. The van der Waals surface area contributed by atoms with Crippen molar-refractivity contribution >= 4 is 61.2 Å². The molecule has 15 heteroatoms. The summed E-state index contributed by atoms with van der Waals surface area (Å²) >= 11 is 6.67. The second kappa shape index (κ2) is 13.2. The van der Waals surface area contributed by atoms with Crippen molar-refractivity contribution in [2.75, 3.05) is 17.6 Å². The zero-order valence-electron chi connectivity index (χ0n) is 27.7. The number of rotatable bonds is 11. The Hall–Kier alpha value is -5.18. The Balaban J connectivity index is 1.52. The van der Waals surface area contributed by atoms with Crippen LogP contribution in [0.3, 0.4) is 0 Å². The van der Waals surface area contributed by atoms with Crippen molar-refractivity contribution in [2.24, 2.45) is 7.05 Å². The molecule has 1 aliphatic heterocycles. The summed E-state index contributed by atoms with van der Waals surface area (Å²) in [7, 11) is -2.13. The standard InChI is InChI=1S/C36H31ClF2N6O5S/c1-4-13-50-19-44-12-11-21-17-27(24-9-10-28(37)30-32(24)43(2)41-33(30)42-51(3,48)49)31(40-34(21)44)29(16-20-14-22(38)18-23(39)15-20)45-35(46)25-7-5-6-8-26(25)36(45)47/h5-12,14-15,17-18,29H,4,13,16,19H2,1-3H3,(H,41,42). The molecule has 0 spiro atoms. The van der Waals surface area contributed by atoms with Gasteiger partial charge in [-0.3, -0.25) is 23.9 Å². The molecule has 6 aromatic rings. The second-order valence-corrected chi connectivity index (χ2v) is 14.5. The lowest BCUT2D eigenvalue weighted by atomic mass is 9.92. The Labute approximate surface area is 296 Å². The van der Waals surface area contributed by atoms with E-state index in [0.717, 1.165) is 35.8 Å². The molecule has 0 radical (unpaired) electrons. The molecule has 0 saturated heterocycles. The van der Waals surface area contributed by atoms with Crippen LogP contribution in [0.15, 0.2) is 72.9 Å². The van der Waals surface area contributed by atoms with Gasteiger partial charge in [-0.1, -0.05) is 36.7 Å². The molecule has 0 bridgehead atoms. The van der Waals surface area contributed by atoms with Crippen molar-refractivity contribution in [3.8, 4) is 11.1 Å². The van der Waals surface area contributed by atoms with E-state index in [1.165, 1.54) is 4.68 Å². The monoisotopic (exact) mass is 732 g/mol. The first-order valence-corrected chi connectivity index (χ1v) is 18.2. The maximum atomic E-state index is 14.6. The highest BCUT2D eigenvalue weighted by molar-refractivity contribution is 7.92. The van der Waals surface area contributed by atoms with Crippen molar-refractivity contribution in [3.63, 3.8) is 0 Å². The van der Waals surface area contributed by atoms with E-state index in [4.69, 9.17) is 21.3 Å². The van der Waals surface area contributed by atoms with Crippen LogP contribution in [0.25, 0.3) is 33.1 Å². The normalized spacial score (nSPS) is 13.8. The molecule has 1 unspecified atom stereocenters. The smallest absolute Gasteiger partial charge is 0.262 e. The lowest BCUT2D eigenvalue weighted by Crippen LogP contribution is -2.36. The summed E-state index contributed by atoms with van der Waals surface area (Å²) in [6.45, 7) is 2.66. The van der Waals surface area contributed by atoms with Gasteiger partial charge in [0.2, 0.25) is 10.0 Å². The molecule has 1 atom stereocenters. The zero-order valence-corrected chi connectivity index (χ0v) is 29.2. The van der Waals surface area contributed by atoms with Crippen molar-refractivity contribution in [2.45, 2.75) is 32.5 Å². The fraction of sp³-hybridized carbons (Fsp3) is 0.222. The van der Waals surface area contributed by atoms with Crippen LogP contribution in [0.1, 0.15) is 51.4 Å². The van der Waals surface area contributed by atoms with Gasteiger partial charge in [-0.25, -0.2) is 22.2 Å². The molecule has 7 rings (SSSR count). The topological polar surface area (TPSA) is 128 Å². The molecule has 3 aromatic heterocycles. The summed E-state index contributed by atoms with van der Waals surface area (Å²) in [6, 6.07) is 15.3. The molecule has 2 amide bonds. The van der Waals surface area contributed by atoms with Crippen LogP contribution in [0.5, 0.6) is 0 Å². The average Bonchev–Trinajstić information content (AvgIpc) is 3.70. The molecule has 0 aliphatic carbocycles. The highest BCUT2D eigenvalue weighted by Gasteiger charge is 2.42. The van der Waals surface area contributed by atoms with Gasteiger partial charge >= 0.3 is 0 Å². The van der Waals surface area contributed by atoms with Crippen LogP contribution in [0.4, 0.5) is 14.6 Å². The minimum Gasteiger partial charge on any atom is -0.361 e. The number of amides is 2. The van der Waals surface area contributed by atoms with Crippen LogP contribution in [-0.2, 0) is 35.0 Å². The highest BCUT2D eigenvalue weighted by atomic mass is 35.5. The first-order chi connectivity index (χ1) is 24.3. The van der Waals surface area contributed by atoms with Crippen molar-refractivity contribution in [1.29, 1.82) is 0 Å². The molecule has 262 valence electrons. The van der Waals surface area contributed by atoms with E-state index < -0.39 is 39.5 Å². The number of carbonyl (C=O) groups excluding carboxylic acids is 2. The maximum absolute atomic E-state index is 14.6. The number of hydrogen-bond acceptors (Lipinski definition) is 7. The molecule has 11 nitrogen and oxygen atoms in total. The number of imide groups is 1. The number of carbonyl (C=O) groups is 2. The fourth-order valence-corrected chi connectivity index (χ4v) is 7.34. The van der Waals surface area contributed by atoms with Crippen LogP contribution < -0.4 is 4.72 Å². The van der Waals surface area contributed by atoms with E-state index in [9.17, 15) is 26.8 Å². The van der Waals surface area contributed by atoms with E-state index in [2.05, 4.69) is 9.82 Å². The van der Waals surface area contributed by atoms with Gasteiger partial charge in [0, 0.05) is 42.4 Å². The predicted octanol–water partition coefficient (Wildman–Crippen LogP) is 6.86. The number of fused-ring (bicyclic) bond motifs is 3. The van der Waals surface area contributed by atoms with Gasteiger partial charge in [0.15, 0.2) is 5.82 Å². The Morgan fingerprint density at radius 3 is 2.27 bits per heavy atom. The van der Waals surface area contributed by atoms with Gasteiger partial charge in [-0.05, 0) is 60.9 Å². The molecule has 0 saturated carbocycles. The van der Waals surface area contributed by atoms with Gasteiger partial charge in [-0.2, -0.15) is 5.10 Å². The minimum absolute atomic E-state index is 0.00352. The summed E-state index contributed by atoms with van der Waals surface area (Å²) < 4.78 is 65.3. The van der Waals surface area contributed by atoms with Crippen LogP contribution in [0, 0.1) is 11.6 Å². The third-order valence-corrected chi connectivity index (χ3v) is 9.54. The summed E-state index contributed by atoms with van der Waals surface area (Å²) in [5.74, 6) is -2.82. The third kappa shape index (κ3) is 6.34. The van der Waals surface area contributed by atoms with E-state index in [1.807, 2.05) is 19.1 Å². The fourth-order valence-electron chi connectivity index (χ4n) is 6.60. The molecule has 1 N–H and O–H groups in total. The molecule has 51 heavy (non-hydrogen) atoms. The maximum Gasteiger partial charge on any atom is 0.262 e. The van der Waals surface area contributed by atoms with Crippen molar-refractivity contribution in [1.82, 2.24) is 24.2 Å². The highest BCUT2D eigenvalue weighted by Crippen LogP contribution is 2.43. The zero-order chi connectivity index (χ0) is 36.2. The van der Waals surface area contributed by atoms with E-state index >= 15 is 0 Å². The third-order valence-electron chi connectivity index (χ3n) is 8.66. The molecule has 0 fully saturated rings. The number of hydrogen-bond donors (Lipinski definition) is 1. The summed E-state index contributed by atoms with van der Waals surface area (Å²) in [6.07, 6.45) is 3.40. The van der Waals surface area contributed by atoms with Crippen LogP contribution in [-0.4, -0.2) is 57.3 Å². The first-order valence-electron chi connectivity index (χ1n) is 16.0. The molecular weight excluding hydrogens is 702 g/mol. The number of sulfonamides is 1. The lowest BCUT2D eigenvalue weighted by Gasteiger charge is -2.28. The largest absolute Gasteiger partial charge is 0.361 e. The summed E-state index contributed by atoms with van der Waals surface area (Å²) in [5.41, 5.74) is 2.65. The number of anilines is 1. The molecule has 4 heterocycles. The number of benzene rings is 3. The van der Waals surface area contributed by atoms with Gasteiger partial charge < -0.3 is 9.30 Å². The first kappa shape index (κ1) is 34.3. The van der Waals surface area contributed by atoms with E-state index in [0.29, 0.717) is 39.7 Å². The number of ether oxygens (including phenoxy) is 1. The number of halogens is 3. The van der Waals surface area contributed by atoms with Gasteiger partial charge in [0.05, 0.1) is 45.0 Å².